The zero-order valence-electron chi connectivity index (χ0n) is 12.8. The van der Waals surface area contributed by atoms with E-state index in [2.05, 4.69) is 16.0 Å². The van der Waals surface area contributed by atoms with Crippen LogP contribution in [0.5, 0.6) is 0 Å². The second-order valence-electron chi connectivity index (χ2n) is 5.08. The van der Waals surface area contributed by atoms with Gasteiger partial charge in [0, 0.05) is 12.4 Å². The fourth-order valence-electron chi connectivity index (χ4n) is 2.30. The summed E-state index contributed by atoms with van der Waals surface area (Å²) in [6.07, 6.45) is -0.0562. The quantitative estimate of drug-likeness (QED) is 0.695. The van der Waals surface area contributed by atoms with Crippen molar-refractivity contribution in [1.82, 2.24) is 20.6 Å². The van der Waals surface area contributed by atoms with Gasteiger partial charge in [0.25, 0.3) is 11.5 Å². The summed E-state index contributed by atoms with van der Waals surface area (Å²) in [5.41, 5.74) is 4.96. The minimum absolute atomic E-state index is 0.0562. The van der Waals surface area contributed by atoms with E-state index in [1.807, 2.05) is 0 Å². The molecule has 2 N–H and O–H groups in total. The average Bonchev–Trinajstić information content (AvgIpc) is 3.12. The van der Waals surface area contributed by atoms with Crippen LogP contribution < -0.4 is 16.4 Å². The van der Waals surface area contributed by atoms with Gasteiger partial charge in [0.2, 0.25) is 5.91 Å². The molecular weight excluding hydrogens is 328 g/mol. The molecule has 2 amide bonds. The van der Waals surface area contributed by atoms with Crippen LogP contribution in [0.4, 0.5) is 0 Å². The highest BCUT2D eigenvalue weighted by atomic mass is 32.1. The van der Waals surface area contributed by atoms with E-state index < -0.39 is 5.91 Å². The third kappa shape index (κ3) is 3.18. The number of aryl methyl sites for hydroxylation is 1. The van der Waals surface area contributed by atoms with E-state index in [-0.39, 0.29) is 17.9 Å². The Morgan fingerprint density at radius 1 is 1.12 bits per heavy atom. The van der Waals surface area contributed by atoms with Crippen molar-refractivity contribution in [3.63, 3.8) is 0 Å². The van der Waals surface area contributed by atoms with Crippen LogP contribution in [0.25, 0.3) is 10.8 Å². The molecular formula is C16H14N4O3S. The van der Waals surface area contributed by atoms with Gasteiger partial charge in [0.1, 0.15) is 0 Å². The maximum atomic E-state index is 12.1. The van der Waals surface area contributed by atoms with Crippen LogP contribution in [-0.4, -0.2) is 21.6 Å². The van der Waals surface area contributed by atoms with Crippen LogP contribution in [0.3, 0.4) is 0 Å². The summed E-state index contributed by atoms with van der Waals surface area (Å²) in [6.45, 7) is 0. The number of benzene rings is 1. The molecule has 122 valence electrons. The fraction of sp³-hybridized carbons (Fsp3) is 0.125. The maximum absolute atomic E-state index is 12.1. The Morgan fingerprint density at radius 2 is 1.88 bits per heavy atom. The van der Waals surface area contributed by atoms with Gasteiger partial charge in [-0.15, -0.1) is 11.3 Å². The second kappa shape index (κ2) is 6.63. The van der Waals surface area contributed by atoms with Gasteiger partial charge in [0.05, 0.1) is 22.4 Å². The third-order valence-electron chi connectivity index (χ3n) is 3.42. The Bertz CT molecular complexity index is 963. The highest BCUT2D eigenvalue weighted by Gasteiger charge is 2.13. The van der Waals surface area contributed by atoms with Gasteiger partial charge in [-0.05, 0) is 17.5 Å². The molecule has 7 nitrogen and oxygen atoms in total. The van der Waals surface area contributed by atoms with Crippen molar-refractivity contribution in [2.75, 3.05) is 0 Å². The zero-order valence-corrected chi connectivity index (χ0v) is 13.6. The van der Waals surface area contributed by atoms with Crippen LogP contribution in [0.2, 0.25) is 0 Å². The average molecular weight is 342 g/mol. The SMILES string of the molecule is Cn1nc(CC(=O)NNC(=O)c2cccs2)c2ccccc2c1=O. The van der Waals surface area contributed by atoms with Crippen LogP contribution in [0.1, 0.15) is 15.4 Å². The van der Waals surface area contributed by atoms with Crippen molar-refractivity contribution >= 4 is 33.9 Å². The summed E-state index contributed by atoms with van der Waals surface area (Å²) >= 11 is 1.28. The number of amides is 2. The van der Waals surface area contributed by atoms with Gasteiger partial charge in [-0.3, -0.25) is 25.2 Å². The molecule has 0 fully saturated rings. The molecule has 1 aromatic carbocycles. The number of nitrogens with zero attached hydrogens (tertiary/aromatic N) is 2. The Kier molecular flexibility index (Phi) is 4.39. The van der Waals surface area contributed by atoms with Crippen molar-refractivity contribution in [3.05, 3.63) is 62.7 Å². The van der Waals surface area contributed by atoms with Crippen molar-refractivity contribution < 1.29 is 9.59 Å². The van der Waals surface area contributed by atoms with Crippen LogP contribution in [-0.2, 0) is 18.3 Å². The van der Waals surface area contributed by atoms with Crippen molar-refractivity contribution in [1.29, 1.82) is 0 Å². The number of thiophene rings is 1. The number of hydrogen-bond donors (Lipinski definition) is 2. The molecule has 0 bridgehead atoms. The molecule has 3 rings (SSSR count). The van der Waals surface area contributed by atoms with Crippen LogP contribution in [0, 0.1) is 0 Å². The third-order valence-corrected chi connectivity index (χ3v) is 4.29. The first-order valence-electron chi connectivity index (χ1n) is 7.14. The van der Waals surface area contributed by atoms with E-state index in [1.54, 1.807) is 41.8 Å². The summed E-state index contributed by atoms with van der Waals surface area (Å²) in [4.78, 5) is 36.4. The molecule has 0 unspecified atom stereocenters. The second-order valence-corrected chi connectivity index (χ2v) is 6.03. The summed E-state index contributed by atoms with van der Waals surface area (Å²) in [7, 11) is 1.54. The first kappa shape index (κ1) is 15.9. The molecule has 0 radical (unpaired) electrons. The maximum Gasteiger partial charge on any atom is 0.279 e. The topological polar surface area (TPSA) is 93.1 Å². The van der Waals surface area contributed by atoms with Gasteiger partial charge in [-0.25, -0.2) is 4.68 Å². The van der Waals surface area contributed by atoms with E-state index >= 15 is 0 Å². The highest BCUT2D eigenvalue weighted by molar-refractivity contribution is 7.12. The monoisotopic (exact) mass is 342 g/mol. The van der Waals surface area contributed by atoms with E-state index in [0.717, 1.165) is 0 Å². The molecule has 2 aromatic heterocycles. The summed E-state index contributed by atoms with van der Waals surface area (Å²) in [6, 6.07) is 10.4. The Hall–Kier alpha value is -3.00. The zero-order chi connectivity index (χ0) is 17.1. The normalized spacial score (nSPS) is 10.5. The molecule has 0 aliphatic heterocycles. The standard InChI is InChI=1S/C16H14N4O3S/c1-20-16(23)11-6-3-2-5-10(11)12(19-20)9-14(21)17-18-15(22)13-7-4-8-24-13/h2-8H,9H2,1H3,(H,17,21)(H,18,22). The number of nitrogens with one attached hydrogen (secondary N) is 2. The molecule has 8 heteroatoms. The van der Waals surface area contributed by atoms with Crippen molar-refractivity contribution in [2.45, 2.75) is 6.42 Å². The fourth-order valence-corrected chi connectivity index (χ4v) is 2.92. The number of fused-ring (bicyclic) bond motifs is 1. The molecule has 3 aromatic rings. The predicted octanol–water partition coefficient (Wildman–Crippen LogP) is 0.999. The minimum Gasteiger partial charge on any atom is -0.273 e. The van der Waals surface area contributed by atoms with E-state index in [1.165, 1.54) is 23.1 Å². The van der Waals surface area contributed by atoms with Gasteiger partial charge in [-0.1, -0.05) is 24.3 Å². The summed E-state index contributed by atoms with van der Waals surface area (Å²) in [5, 5.41) is 7.05. The summed E-state index contributed by atoms with van der Waals surface area (Å²) in [5.74, 6) is -0.798. The molecule has 0 spiro atoms. The van der Waals surface area contributed by atoms with E-state index in [9.17, 15) is 14.4 Å². The lowest BCUT2D eigenvalue weighted by molar-refractivity contribution is -0.121. The first-order chi connectivity index (χ1) is 11.6. The first-order valence-corrected chi connectivity index (χ1v) is 8.02. The Labute approximate surface area is 140 Å². The van der Waals surface area contributed by atoms with Gasteiger partial charge in [0.15, 0.2) is 0 Å². The van der Waals surface area contributed by atoms with E-state index in [0.29, 0.717) is 21.3 Å². The van der Waals surface area contributed by atoms with Crippen LogP contribution in [0.15, 0.2) is 46.6 Å². The molecule has 0 aliphatic carbocycles. The lowest BCUT2D eigenvalue weighted by Gasteiger charge is -2.09. The Balaban J connectivity index is 1.75. The number of aromatic nitrogens is 2. The molecule has 0 aliphatic rings. The number of rotatable bonds is 3. The summed E-state index contributed by atoms with van der Waals surface area (Å²) < 4.78 is 1.20. The predicted molar refractivity (Wildman–Crippen MR) is 90.6 cm³/mol. The van der Waals surface area contributed by atoms with E-state index in [4.69, 9.17) is 0 Å². The van der Waals surface area contributed by atoms with Crippen molar-refractivity contribution in [3.8, 4) is 0 Å². The number of hydrazine groups is 1. The van der Waals surface area contributed by atoms with Gasteiger partial charge >= 0.3 is 0 Å². The van der Waals surface area contributed by atoms with Gasteiger partial charge in [-0.2, -0.15) is 5.10 Å². The highest BCUT2D eigenvalue weighted by Crippen LogP contribution is 2.13. The lowest BCUT2D eigenvalue weighted by atomic mass is 10.1. The molecule has 2 heterocycles. The largest absolute Gasteiger partial charge is 0.279 e. The van der Waals surface area contributed by atoms with Crippen molar-refractivity contribution in [2.24, 2.45) is 7.05 Å². The number of carbonyl (C=O) groups is 2. The Morgan fingerprint density at radius 3 is 2.58 bits per heavy atom. The minimum atomic E-state index is -0.420. The van der Waals surface area contributed by atoms with Gasteiger partial charge < -0.3 is 0 Å². The smallest absolute Gasteiger partial charge is 0.273 e. The number of carbonyl (C=O) groups excluding carboxylic acids is 2. The number of hydrogen-bond acceptors (Lipinski definition) is 5. The molecule has 0 atom stereocenters. The lowest BCUT2D eigenvalue weighted by Crippen LogP contribution is -2.42. The van der Waals surface area contributed by atoms with Crippen LogP contribution >= 0.6 is 11.3 Å². The molecule has 0 saturated heterocycles. The molecule has 24 heavy (non-hydrogen) atoms. The molecule has 0 saturated carbocycles.